The van der Waals surface area contributed by atoms with Crippen LogP contribution in [0.15, 0.2) is 29.3 Å². The summed E-state index contributed by atoms with van der Waals surface area (Å²) < 4.78 is 0. The summed E-state index contributed by atoms with van der Waals surface area (Å²) in [7, 11) is 1.76. The molecule has 0 spiro atoms. The Morgan fingerprint density at radius 1 is 1.22 bits per heavy atom. The van der Waals surface area contributed by atoms with Gasteiger partial charge in [-0.1, -0.05) is 24.3 Å². The Hall–Kier alpha value is -1.69. The molecule has 23 heavy (non-hydrogen) atoms. The topological polar surface area (TPSA) is 56.7 Å². The van der Waals surface area contributed by atoms with Gasteiger partial charge in [-0.15, -0.1) is 0 Å². The van der Waals surface area contributed by atoms with Gasteiger partial charge in [-0.3, -0.25) is 9.79 Å². The molecule has 1 heterocycles. The van der Waals surface area contributed by atoms with Gasteiger partial charge in [0.05, 0.1) is 0 Å². The monoisotopic (exact) mass is 334 g/mol. The first-order valence-electron chi connectivity index (χ1n) is 8.02. The van der Waals surface area contributed by atoms with Crippen molar-refractivity contribution in [3.8, 4) is 0 Å². The van der Waals surface area contributed by atoms with E-state index < -0.39 is 0 Å². The van der Waals surface area contributed by atoms with Gasteiger partial charge in [0.1, 0.15) is 0 Å². The molecule has 2 N–H and O–H groups in total. The SMILES string of the molecule is CN=C(NCCCC(=O)N1Cc2ccccc2C1)NCCSC. The minimum Gasteiger partial charge on any atom is -0.356 e. The highest BCUT2D eigenvalue weighted by Crippen LogP contribution is 2.22. The number of guanidine groups is 1. The number of nitrogens with one attached hydrogen (secondary N) is 2. The number of hydrogen-bond donors (Lipinski definition) is 2. The van der Waals surface area contributed by atoms with Crippen LogP contribution < -0.4 is 10.6 Å². The number of rotatable bonds is 7. The van der Waals surface area contributed by atoms with E-state index in [4.69, 9.17) is 0 Å². The molecule has 126 valence electrons. The molecule has 1 aromatic carbocycles. The summed E-state index contributed by atoms with van der Waals surface area (Å²) in [6, 6.07) is 8.28. The average Bonchev–Trinajstić information content (AvgIpc) is 3.01. The Labute approximate surface area is 142 Å². The van der Waals surface area contributed by atoms with Crippen molar-refractivity contribution in [3.63, 3.8) is 0 Å². The highest BCUT2D eigenvalue weighted by molar-refractivity contribution is 7.98. The fourth-order valence-corrected chi connectivity index (χ4v) is 2.91. The van der Waals surface area contributed by atoms with Gasteiger partial charge in [0.15, 0.2) is 5.96 Å². The van der Waals surface area contributed by atoms with E-state index in [2.05, 4.69) is 34.0 Å². The van der Waals surface area contributed by atoms with E-state index >= 15 is 0 Å². The third-order valence-corrected chi connectivity index (χ3v) is 4.49. The number of aliphatic imine (C=N–C) groups is 1. The van der Waals surface area contributed by atoms with Crippen LogP contribution >= 0.6 is 11.8 Å². The smallest absolute Gasteiger partial charge is 0.223 e. The summed E-state index contributed by atoms with van der Waals surface area (Å²) in [6.07, 6.45) is 3.47. The van der Waals surface area contributed by atoms with Gasteiger partial charge in [-0.2, -0.15) is 11.8 Å². The molecular formula is C17H26N4OS. The van der Waals surface area contributed by atoms with E-state index in [0.717, 1.165) is 44.3 Å². The predicted octanol–water partition coefficient (Wildman–Crippen LogP) is 1.84. The summed E-state index contributed by atoms with van der Waals surface area (Å²) in [5.74, 6) is 2.09. The van der Waals surface area contributed by atoms with Crippen molar-refractivity contribution in [3.05, 3.63) is 35.4 Å². The number of carbonyl (C=O) groups is 1. The van der Waals surface area contributed by atoms with Crippen molar-refractivity contribution >= 4 is 23.6 Å². The normalized spacial score (nSPS) is 13.8. The number of carbonyl (C=O) groups excluding carboxylic acids is 1. The van der Waals surface area contributed by atoms with Crippen LogP contribution in [0.4, 0.5) is 0 Å². The van der Waals surface area contributed by atoms with Gasteiger partial charge in [0.2, 0.25) is 5.91 Å². The quantitative estimate of drug-likeness (QED) is 0.454. The molecule has 0 unspecified atom stereocenters. The van der Waals surface area contributed by atoms with E-state index in [1.165, 1.54) is 11.1 Å². The van der Waals surface area contributed by atoms with Gasteiger partial charge in [0, 0.05) is 45.4 Å². The number of amides is 1. The van der Waals surface area contributed by atoms with E-state index in [9.17, 15) is 4.79 Å². The maximum Gasteiger partial charge on any atom is 0.223 e. The lowest BCUT2D eigenvalue weighted by atomic mass is 10.1. The van der Waals surface area contributed by atoms with Crippen molar-refractivity contribution < 1.29 is 4.79 Å². The Morgan fingerprint density at radius 3 is 2.48 bits per heavy atom. The van der Waals surface area contributed by atoms with Crippen LogP contribution in [0, 0.1) is 0 Å². The molecule has 1 aliphatic rings. The number of nitrogens with zero attached hydrogens (tertiary/aromatic N) is 2. The standard InChI is InChI=1S/C17H26N4OS/c1-18-17(20-10-11-23-2)19-9-5-8-16(22)21-12-14-6-3-4-7-15(14)13-21/h3-4,6-7H,5,8-13H2,1-2H3,(H2,18,19,20). The summed E-state index contributed by atoms with van der Waals surface area (Å²) in [5.41, 5.74) is 2.55. The second-order valence-electron chi connectivity index (χ2n) is 5.54. The first-order valence-corrected chi connectivity index (χ1v) is 9.42. The molecule has 0 fully saturated rings. The lowest BCUT2D eigenvalue weighted by molar-refractivity contribution is -0.131. The maximum absolute atomic E-state index is 12.3. The van der Waals surface area contributed by atoms with Gasteiger partial charge < -0.3 is 15.5 Å². The molecule has 0 atom stereocenters. The van der Waals surface area contributed by atoms with Crippen molar-refractivity contribution in [2.24, 2.45) is 4.99 Å². The van der Waals surface area contributed by atoms with Crippen LogP contribution in [0.5, 0.6) is 0 Å². The van der Waals surface area contributed by atoms with Gasteiger partial charge >= 0.3 is 0 Å². The van der Waals surface area contributed by atoms with Gasteiger partial charge in [0.25, 0.3) is 0 Å². The highest BCUT2D eigenvalue weighted by Gasteiger charge is 2.22. The van der Waals surface area contributed by atoms with E-state index in [-0.39, 0.29) is 5.91 Å². The Bertz CT molecular complexity index is 522. The molecule has 0 aromatic heterocycles. The number of benzene rings is 1. The Balaban J connectivity index is 1.64. The molecule has 0 bridgehead atoms. The van der Waals surface area contributed by atoms with E-state index in [1.807, 2.05) is 17.0 Å². The first-order chi connectivity index (χ1) is 11.2. The number of hydrogen-bond acceptors (Lipinski definition) is 3. The van der Waals surface area contributed by atoms with E-state index in [0.29, 0.717) is 6.42 Å². The zero-order valence-electron chi connectivity index (χ0n) is 14.0. The minimum absolute atomic E-state index is 0.230. The van der Waals surface area contributed by atoms with Crippen molar-refractivity contribution in [1.82, 2.24) is 15.5 Å². The van der Waals surface area contributed by atoms with E-state index in [1.54, 1.807) is 18.8 Å². The lowest BCUT2D eigenvalue weighted by Gasteiger charge is -2.16. The lowest BCUT2D eigenvalue weighted by Crippen LogP contribution is -2.39. The Morgan fingerprint density at radius 2 is 1.87 bits per heavy atom. The second-order valence-corrected chi connectivity index (χ2v) is 6.53. The zero-order chi connectivity index (χ0) is 16.5. The molecule has 6 heteroatoms. The fourth-order valence-electron chi connectivity index (χ4n) is 2.61. The summed E-state index contributed by atoms with van der Waals surface area (Å²) in [5, 5.41) is 6.50. The van der Waals surface area contributed by atoms with Gasteiger partial charge in [-0.05, 0) is 23.8 Å². The molecule has 1 aromatic rings. The molecule has 5 nitrogen and oxygen atoms in total. The average molecular weight is 334 g/mol. The molecule has 1 amide bonds. The van der Waals surface area contributed by atoms with Crippen LogP contribution in [0.2, 0.25) is 0 Å². The molecule has 0 saturated heterocycles. The summed E-state index contributed by atoms with van der Waals surface area (Å²) in [4.78, 5) is 18.4. The maximum atomic E-state index is 12.3. The molecule has 2 rings (SSSR count). The summed E-state index contributed by atoms with van der Waals surface area (Å²) >= 11 is 1.80. The predicted molar refractivity (Wildman–Crippen MR) is 97.7 cm³/mol. The van der Waals surface area contributed by atoms with Crippen molar-refractivity contribution in [2.75, 3.05) is 32.1 Å². The number of fused-ring (bicyclic) bond motifs is 1. The fraction of sp³-hybridized carbons (Fsp3) is 0.529. The third kappa shape index (κ3) is 5.46. The van der Waals surface area contributed by atoms with Crippen LogP contribution in [-0.4, -0.2) is 48.9 Å². The number of thioether (sulfide) groups is 1. The van der Waals surface area contributed by atoms with Crippen LogP contribution in [0.1, 0.15) is 24.0 Å². The van der Waals surface area contributed by atoms with Crippen molar-refractivity contribution in [1.29, 1.82) is 0 Å². The third-order valence-electron chi connectivity index (χ3n) is 3.88. The van der Waals surface area contributed by atoms with Crippen molar-refractivity contribution in [2.45, 2.75) is 25.9 Å². The van der Waals surface area contributed by atoms with Crippen LogP contribution in [-0.2, 0) is 17.9 Å². The second kappa shape index (κ2) is 9.45. The van der Waals surface area contributed by atoms with Crippen LogP contribution in [0.3, 0.4) is 0 Å². The molecule has 0 radical (unpaired) electrons. The first kappa shape index (κ1) is 17.7. The zero-order valence-corrected chi connectivity index (χ0v) is 14.8. The molecule has 0 saturated carbocycles. The summed E-state index contributed by atoms with van der Waals surface area (Å²) in [6.45, 7) is 3.15. The molecule has 1 aliphatic heterocycles. The van der Waals surface area contributed by atoms with Gasteiger partial charge in [-0.25, -0.2) is 0 Å². The molecular weight excluding hydrogens is 308 g/mol. The largest absolute Gasteiger partial charge is 0.356 e. The molecule has 0 aliphatic carbocycles. The highest BCUT2D eigenvalue weighted by atomic mass is 32.2. The Kier molecular flexibility index (Phi) is 7.26. The minimum atomic E-state index is 0.230. The van der Waals surface area contributed by atoms with Crippen LogP contribution in [0.25, 0.3) is 0 Å².